The van der Waals surface area contributed by atoms with E-state index in [2.05, 4.69) is 172 Å². The number of fused-ring (bicyclic) bond motifs is 6. The Morgan fingerprint density at radius 1 is 0.510 bits per heavy atom. The molecular formula is C46H30N4O. The molecule has 5 nitrogen and oxygen atoms in total. The summed E-state index contributed by atoms with van der Waals surface area (Å²) in [7, 11) is 0. The predicted molar refractivity (Wildman–Crippen MR) is 209 cm³/mol. The summed E-state index contributed by atoms with van der Waals surface area (Å²) < 4.78 is 8.90. The van der Waals surface area contributed by atoms with Crippen LogP contribution < -0.4 is 4.90 Å². The van der Waals surface area contributed by atoms with Crippen LogP contribution in [0.4, 0.5) is 17.1 Å². The van der Waals surface area contributed by atoms with E-state index in [1.807, 2.05) is 18.2 Å². The van der Waals surface area contributed by atoms with E-state index in [4.69, 9.17) is 9.40 Å². The molecule has 10 aromatic rings. The van der Waals surface area contributed by atoms with Crippen LogP contribution in [0.25, 0.3) is 72.1 Å². The minimum Gasteiger partial charge on any atom is -0.436 e. The molecule has 0 aliphatic rings. The van der Waals surface area contributed by atoms with Crippen molar-refractivity contribution in [3.63, 3.8) is 0 Å². The molecule has 0 amide bonds. The highest BCUT2D eigenvalue weighted by Gasteiger charge is 2.21. The second-order valence-corrected chi connectivity index (χ2v) is 12.7. The summed E-state index contributed by atoms with van der Waals surface area (Å²) in [5.41, 5.74) is 11.9. The van der Waals surface area contributed by atoms with E-state index in [9.17, 15) is 0 Å². The molecule has 10 rings (SSSR count). The molecule has 0 N–H and O–H groups in total. The molecule has 240 valence electrons. The molecular weight excluding hydrogens is 625 g/mol. The minimum absolute atomic E-state index is 0.547. The first-order valence-electron chi connectivity index (χ1n) is 17.1. The molecule has 51 heavy (non-hydrogen) atoms. The first-order chi connectivity index (χ1) is 25.3. The van der Waals surface area contributed by atoms with E-state index >= 15 is 0 Å². The van der Waals surface area contributed by atoms with E-state index in [0.717, 1.165) is 66.9 Å². The van der Waals surface area contributed by atoms with Crippen LogP contribution in [-0.2, 0) is 0 Å². The van der Waals surface area contributed by atoms with Crippen LogP contribution in [0.1, 0.15) is 0 Å². The third kappa shape index (κ3) is 4.86. The van der Waals surface area contributed by atoms with Crippen molar-refractivity contribution in [3.05, 3.63) is 182 Å². The molecule has 0 aliphatic heterocycles. The lowest BCUT2D eigenvalue weighted by molar-refractivity contribution is 0.620. The third-order valence-electron chi connectivity index (χ3n) is 9.61. The van der Waals surface area contributed by atoms with Gasteiger partial charge in [-0.2, -0.15) is 0 Å². The number of nitrogens with zero attached hydrogens (tertiary/aromatic N) is 4. The number of para-hydroxylation sites is 4. The van der Waals surface area contributed by atoms with Crippen molar-refractivity contribution in [2.75, 3.05) is 4.90 Å². The molecule has 3 heterocycles. The highest BCUT2D eigenvalue weighted by Crippen LogP contribution is 2.43. The molecule has 0 aliphatic carbocycles. The fourth-order valence-corrected chi connectivity index (χ4v) is 7.39. The van der Waals surface area contributed by atoms with Crippen molar-refractivity contribution in [1.29, 1.82) is 0 Å². The van der Waals surface area contributed by atoms with Gasteiger partial charge in [-0.15, -0.1) is 0 Å². The van der Waals surface area contributed by atoms with Gasteiger partial charge in [-0.3, -0.25) is 4.98 Å². The Labute approximate surface area is 294 Å². The summed E-state index contributed by atoms with van der Waals surface area (Å²) in [5.74, 6) is 0.547. The van der Waals surface area contributed by atoms with Gasteiger partial charge < -0.3 is 13.9 Å². The Morgan fingerprint density at radius 3 is 1.98 bits per heavy atom. The molecule has 0 radical (unpaired) electrons. The third-order valence-corrected chi connectivity index (χ3v) is 9.61. The molecule has 0 unspecified atom stereocenters. The van der Waals surface area contributed by atoms with E-state index < -0.39 is 0 Å². The summed E-state index contributed by atoms with van der Waals surface area (Å²) in [4.78, 5) is 12.1. The molecule has 3 aromatic heterocycles. The van der Waals surface area contributed by atoms with Crippen molar-refractivity contribution in [1.82, 2.24) is 14.5 Å². The molecule has 0 fully saturated rings. The monoisotopic (exact) mass is 654 g/mol. The lowest BCUT2D eigenvalue weighted by Crippen LogP contribution is -2.10. The lowest BCUT2D eigenvalue weighted by Gasteiger charge is -2.26. The molecule has 0 spiro atoms. The number of rotatable bonds is 6. The van der Waals surface area contributed by atoms with E-state index in [1.165, 1.54) is 10.8 Å². The van der Waals surface area contributed by atoms with Crippen molar-refractivity contribution >= 4 is 60.9 Å². The highest BCUT2D eigenvalue weighted by molar-refractivity contribution is 6.16. The maximum atomic E-state index is 6.55. The highest BCUT2D eigenvalue weighted by atomic mass is 16.3. The Bertz CT molecular complexity index is 2820. The summed E-state index contributed by atoms with van der Waals surface area (Å²) >= 11 is 0. The Hall–Kier alpha value is -6.98. The second-order valence-electron chi connectivity index (χ2n) is 12.7. The number of benzene rings is 7. The van der Waals surface area contributed by atoms with Gasteiger partial charge in [-0.1, -0.05) is 91.0 Å². The summed E-state index contributed by atoms with van der Waals surface area (Å²) in [5, 5.41) is 3.42. The van der Waals surface area contributed by atoms with Crippen molar-refractivity contribution in [2.45, 2.75) is 0 Å². The van der Waals surface area contributed by atoms with Crippen LogP contribution in [0.5, 0.6) is 0 Å². The number of hydrogen-bond acceptors (Lipinski definition) is 4. The van der Waals surface area contributed by atoms with Crippen LogP contribution in [0, 0.1) is 0 Å². The number of aromatic nitrogens is 3. The fourth-order valence-electron chi connectivity index (χ4n) is 7.39. The molecule has 0 bridgehead atoms. The van der Waals surface area contributed by atoms with Crippen molar-refractivity contribution in [3.8, 4) is 28.3 Å². The Morgan fingerprint density at radius 2 is 1.20 bits per heavy atom. The zero-order chi connectivity index (χ0) is 33.7. The zero-order valence-corrected chi connectivity index (χ0v) is 27.5. The Kier molecular flexibility index (Phi) is 6.74. The largest absolute Gasteiger partial charge is 0.436 e. The van der Waals surface area contributed by atoms with Crippen LogP contribution in [-0.4, -0.2) is 14.5 Å². The van der Waals surface area contributed by atoms with Gasteiger partial charge in [0, 0.05) is 50.7 Å². The molecule has 0 saturated carbocycles. The van der Waals surface area contributed by atoms with E-state index in [-0.39, 0.29) is 0 Å². The number of hydrogen-bond donors (Lipinski definition) is 0. The first kappa shape index (κ1) is 29.0. The SMILES string of the molecule is c1ccc(N(c2ccccc2)c2cc(-c3nc4c(ccc5cccnc54)o3)cc(-c3cccc4c3c3ccccc3n4-c3ccccc3)c2)cc1. The Balaban J connectivity index is 1.27. The summed E-state index contributed by atoms with van der Waals surface area (Å²) in [6, 6.07) is 61.5. The van der Waals surface area contributed by atoms with Gasteiger partial charge in [-0.05, 0) is 96.1 Å². The molecule has 7 aromatic carbocycles. The van der Waals surface area contributed by atoms with Gasteiger partial charge in [0.25, 0.3) is 0 Å². The topological polar surface area (TPSA) is 47.1 Å². The predicted octanol–water partition coefficient (Wildman–Crippen LogP) is 12.3. The van der Waals surface area contributed by atoms with Gasteiger partial charge in [0.05, 0.1) is 16.6 Å². The fraction of sp³-hybridized carbons (Fsp3) is 0. The van der Waals surface area contributed by atoms with E-state index in [1.54, 1.807) is 6.20 Å². The van der Waals surface area contributed by atoms with Crippen LogP contribution in [0.3, 0.4) is 0 Å². The maximum absolute atomic E-state index is 6.55. The average molecular weight is 655 g/mol. The summed E-state index contributed by atoms with van der Waals surface area (Å²) in [6.07, 6.45) is 1.80. The van der Waals surface area contributed by atoms with Crippen LogP contribution in [0.2, 0.25) is 0 Å². The van der Waals surface area contributed by atoms with Crippen molar-refractivity contribution < 1.29 is 4.42 Å². The standard InChI is InChI=1S/C46H30N4O/c1-4-15-34(16-5-1)49(35-17-6-2-7-18-35)37-29-32(28-33(30-37)46-48-45-42(51-46)26-25-31-14-13-27-47-44(31)45)38-22-12-24-41-43(38)39-21-10-11-23-40(39)50(41)36-19-8-3-9-20-36/h1-30H. The number of anilines is 3. The van der Waals surface area contributed by atoms with Gasteiger partial charge in [0.1, 0.15) is 5.52 Å². The molecule has 0 atom stereocenters. The number of pyridine rings is 1. The van der Waals surface area contributed by atoms with Crippen LogP contribution in [0.15, 0.2) is 187 Å². The van der Waals surface area contributed by atoms with E-state index in [0.29, 0.717) is 11.5 Å². The van der Waals surface area contributed by atoms with Crippen molar-refractivity contribution in [2.24, 2.45) is 0 Å². The number of oxazole rings is 1. The average Bonchev–Trinajstić information content (AvgIpc) is 3.80. The quantitative estimate of drug-likeness (QED) is 0.179. The first-order valence-corrected chi connectivity index (χ1v) is 17.1. The normalized spacial score (nSPS) is 11.5. The van der Waals surface area contributed by atoms with Gasteiger partial charge in [-0.25, -0.2) is 4.98 Å². The van der Waals surface area contributed by atoms with Gasteiger partial charge >= 0.3 is 0 Å². The van der Waals surface area contributed by atoms with Gasteiger partial charge in [0.2, 0.25) is 5.89 Å². The smallest absolute Gasteiger partial charge is 0.227 e. The minimum atomic E-state index is 0.547. The lowest BCUT2D eigenvalue weighted by atomic mass is 9.96. The molecule has 0 saturated heterocycles. The van der Waals surface area contributed by atoms with Gasteiger partial charge in [0.15, 0.2) is 5.58 Å². The summed E-state index contributed by atoms with van der Waals surface area (Å²) in [6.45, 7) is 0. The molecule has 5 heteroatoms. The zero-order valence-electron chi connectivity index (χ0n) is 27.5. The second kappa shape index (κ2) is 11.9. The maximum Gasteiger partial charge on any atom is 0.227 e. The van der Waals surface area contributed by atoms with Crippen LogP contribution >= 0.6 is 0 Å².